The summed E-state index contributed by atoms with van der Waals surface area (Å²) in [4.78, 5) is 21.6. The van der Waals surface area contributed by atoms with Crippen LogP contribution >= 0.6 is 0 Å². The zero-order valence-corrected chi connectivity index (χ0v) is 23.5. The van der Waals surface area contributed by atoms with Crippen molar-refractivity contribution in [2.75, 3.05) is 39.9 Å². The summed E-state index contributed by atoms with van der Waals surface area (Å²) >= 11 is 0. The molecule has 0 spiro atoms. The number of H-pyrrole nitrogens is 1. The van der Waals surface area contributed by atoms with Crippen molar-refractivity contribution in [3.8, 4) is 5.75 Å². The SMILES string of the molecule is COc1cccc(CN2CCN([C@@H](c3cc4cc(C)c(C)cc4[nH]c3=O)c3nnnn3C[C@@H]3CCCO3)CC2)c1. The molecular formula is C30H37N7O3. The van der Waals surface area contributed by atoms with Gasteiger partial charge in [-0.25, -0.2) is 4.68 Å². The molecule has 0 amide bonds. The van der Waals surface area contributed by atoms with Crippen LogP contribution in [0.2, 0.25) is 0 Å². The molecule has 10 nitrogen and oxygen atoms in total. The summed E-state index contributed by atoms with van der Waals surface area (Å²) in [6, 6.07) is 14.1. The third-order valence-electron chi connectivity index (χ3n) is 8.30. The molecular weight excluding hydrogens is 506 g/mol. The molecule has 2 saturated heterocycles. The van der Waals surface area contributed by atoms with Crippen LogP contribution in [0, 0.1) is 13.8 Å². The molecule has 6 rings (SSSR count). The number of nitrogens with zero attached hydrogens (tertiary/aromatic N) is 6. The van der Waals surface area contributed by atoms with Gasteiger partial charge in [0.25, 0.3) is 5.56 Å². The van der Waals surface area contributed by atoms with Gasteiger partial charge < -0.3 is 14.5 Å². The maximum absolute atomic E-state index is 13.6. The van der Waals surface area contributed by atoms with Gasteiger partial charge in [-0.1, -0.05) is 12.1 Å². The van der Waals surface area contributed by atoms with Gasteiger partial charge >= 0.3 is 0 Å². The Kier molecular flexibility index (Phi) is 7.64. The summed E-state index contributed by atoms with van der Waals surface area (Å²) in [6.45, 7) is 9.66. The number of pyridine rings is 1. The third-order valence-corrected chi connectivity index (χ3v) is 8.30. The van der Waals surface area contributed by atoms with E-state index < -0.39 is 0 Å². The van der Waals surface area contributed by atoms with E-state index in [1.54, 1.807) is 7.11 Å². The Morgan fingerprint density at radius 3 is 2.70 bits per heavy atom. The predicted molar refractivity (Wildman–Crippen MR) is 153 cm³/mol. The largest absolute Gasteiger partial charge is 0.497 e. The quantitative estimate of drug-likeness (QED) is 0.362. The highest BCUT2D eigenvalue weighted by Crippen LogP contribution is 2.29. The monoisotopic (exact) mass is 543 g/mol. The minimum Gasteiger partial charge on any atom is -0.497 e. The molecule has 2 aromatic heterocycles. The van der Waals surface area contributed by atoms with E-state index in [4.69, 9.17) is 9.47 Å². The highest BCUT2D eigenvalue weighted by Gasteiger charge is 2.33. The molecule has 2 aliphatic heterocycles. The maximum Gasteiger partial charge on any atom is 0.253 e. The van der Waals surface area contributed by atoms with Crippen molar-refractivity contribution >= 4 is 10.9 Å². The fraction of sp³-hybridized carbons (Fsp3) is 0.467. The fourth-order valence-electron chi connectivity index (χ4n) is 5.92. The van der Waals surface area contributed by atoms with Crippen LogP contribution in [0.5, 0.6) is 5.75 Å². The first-order valence-corrected chi connectivity index (χ1v) is 14.1. The van der Waals surface area contributed by atoms with Crippen LogP contribution in [0.1, 0.15) is 47.0 Å². The van der Waals surface area contributed by atoms with Crippen molar-refractivity contribution in [3.63, 3.8) is 0 Å². The van der Waals surface area contributed by atoms with Gasteiger partial charge in [0.2, 0.25) is 0 Å². The molecule has 0 aliphatic carbocycles. The first-order chi connectivity index (χ1) is 19.5. The van der Waals surface area contributed by atoms with E-state index in [1.165, 1.54) is 11.1 Å². The van der Waals surface area contributed by atoms with Crippen LogP contribution in [0.4, 0.5) is 0 Å². The lowest BCUT2D eigenvalue weighted by Crippen LogP contribution is -2.48. The van der Waals surface area contributed by atoms with Crippen molar-refractivity contribution in [1.82, 2.24) is 35.0 Å². The topological polar surface area (TPSA) is 101 Å². The molecule has 2 atom stereocenters. The van der Waals surface area contributed by atoms with E-state index in [2.05, 4.69) is 62.4 Å². The Morgan fingerprint density at radius 2 is 1.93 bits per heavy atom. The molecule has 4 aromatic rings. The molecule has 40 heavy (non-hydrogen) atoms. The Hall–Kier alpha value is -3.60. The van der Waals surface area contributed by atoms with E-state index in [0.29, 0.717) is 17.9 Å². The van der Waals surface area contributed by atoms with Gasteiger partial charge in [-0.05, 0) is 89.5 Å². The normalized spacial score (nSPS) is 19.3. The molecule has 0 unspecified atom stereocenters. The van der Waals surface area contributed by atoms with Gasteiger partial charge in [-0.3, -0.25) is 14.6 Å². The van der Waals surface area contributed by atoms with E-state index in [0.717, 1.165) is 74.4 Å². The third kappa shape index (κ3) is 5.52. The molecule has 0 bridgehead atoms. The summed E-state index contributed by atoms with van der Waals surface area (Å²) in [7, 11) is 1.70. The van der Waals surface area contributed by atoms with E-state index in [9.17, 15) is 4.79 Å². The van der Waals surface area contributed by atoms with Gasteiger partial charge in [-0.15, -0.1) is 5.10 Å². The van der Waals surface area contributed by atoms with Gasteiger partial charge in [0.05, 0.1) is 19.8 Å². The van der Waals surface area contributed by atoms with Crippen LogP contribution in [-0.4, -0.2) is 81.0 Å². The lowest BCUT2D eigenvalue weighted by Gasteiger charge is -2.38. The number of ether oxygens (including phenoxy) is 2. The van der Waals surface area contributed by atoms with Crippen molar-refractivity contribution in [2.24, 2.45) is 0 Å². The Bertz CT molecular complexity index is 1530. The van der Waals surface area contributed by atoms with Crippen LogP contribution in [0.15, 0.2) is 47.3 Å². The van der Waals surface area contributed by atoms with Crippen molar-refractivity contribution in [2.45, 2.75) is 51.9 Å². The second-order valence-corrected chi connectivity index (χ2v) is 11.0. The number of fused-ring (bicyclic) bond motifs is 1. The Morgan fingerprint density at radius 1 is 1.10 bits per heavy atom. The van der Waals surface area contributed by atoms with Crippen LogP contribution < -0.4 is 10.3 Å². The van der Waals surface area contributed by atoms with Crippen molar-refractivity contribution in [1.29, 1.82) is 0 Å². The van der Waals surface area contributed by atoms with E-state index in [-0.39, 0.29) is 17.7 Å². The number of rotatable bonds is 8. The molecule has 1 N–H and O–H groups in total. The Labute approximate surface area is 233 Å². The summed E-state index contributed by atoms with van der Waals surface area (Å²) in [5.41, 5.74) is 4.97. The second kappa shape index (κ2) is 11.5. The molecule has 2 aliphatic rings. The van der Waals surface area contributed by atoms with E-state index in [1.807, 2.05) is 28.9 Å². The van der Waals surface area contributed by atoms with Gasteiger partial charge in [0.1, 0.15) is 11.8 Å². The molecule has 10 heteroatoms. The second-order valence-electron chi connectivity index (χ2n) is 11.0. The van der Waals surface area contributed by atoms with Gasteiger partial charge in [0.15, 0.2) is 5.82 Å². The van der Waals surface area contributed by atoms with Crippen molar-refractivity contribution < 1.29 is 9.47 Å². The van der Waals surface area contributed by atoms with Crippen LogP contribution in [-0.2, 0) is 17.8 Å². The average molecular weight is 544 g/mol. The fourth-order valence-corrected chi connectivity index (χ4v) is 5.92. The lowest BCUT2D eigenvalue weighted by molar-refractivity contribution is 0.0840. The van der Waals surface area contributed by atoms with Crippen molar-refractivity contribution in [3.05, 3.63) is 80.9 Å². The zero-order chi connectivity index (χ0) is 27.6. The lowest BCUT2D eigenvalue weighted by atomic mass is 10.00. The molecule has 2 fully saturated rings. The number of hydrogen-bond donors (Lipinski definition) is 1. The zero-order valence-electron chi connectivity index (χ0n) is 23.5. The highest BCUT2D eigenvalue weighted by molar-refractivity contribution is 5.81. The van der Waals surface area contributed by atoms with E-state index >= 15 is 0 Å². The smallest absolute Gasteiger partial charge is 0.253 e. The number of methoxy groups -OCH3 is 1. The number of aryl methyl sites for hydroxylation is 2. The molecule has 0 saturated carbocycles. The number of aromatic nitrogens is 5. The first-order valence-electron chi connectivity index (χ1n) is 14.1. The number of nitrogens with one attached hydrogen (secondary N) is 1. The number of tetrazole rings is 1. The Balaban J connectivity index is 1.31. The first kappa shape index (κ1) is 26.6. The van der Waals surface area contributed by atoms with Crippen LogP contribution in [0.3, 0.4) is 0 Å². The summed E-state index contributed by atoms with van der Waals surface area (Å²) < 4.78 is 13.1. The molecule has 210 valence electrons. The summed E-state index contributed by atoms with van der Waals surface area (Å²) in [5.74, 6) is 1.56. The number of aromatic amines is 1. The molecule has 2 aromatic carbocycles. The van der Waals surface area contributed by atoms with Crippen LogP contribution in [0.25, 0.3) is 10.9 Å². The number of hydrogen-bond acceptors (Lipinski definition) is 8. The maximum atomic E-state index is 13.6. The molecule has 0 radical (unpaired) electrons. The highest BCUT2D eigenvalue weighted by atomic mass is 16.5. The summed E-state index contributed by atoms with van der Waals surface area (Å²) in [5, 5.41) is 13.9. The molecule has 4 heterocycles. The van der Waals surface area contributed by atoms with Gasteiger partial charge in [0, 0.05) is 50.4 Å². The van der Waals surface area contributed by atoms with Gasteiger partial charge in [-0.2, -0.15) is 0 Å². The average Bonchev–Trinajstić information content (AvgIpc) is 3.64. The minimum atomic E-state index is -0.370. The number of benzene rings is 2. The standard InChI is InChI=1S/C30H37N7O3/c1-20-14-23-17-26(30(38)31-27(23)15-21(20)2)28(29-32-33-34-37(29)19-25-8-5-13-40-25)36-11-9-35(10-12-36)18-22-6-4-7-24(16-22)39-3/h4,6-7,14-17,25,28H,5,8-13,18-19H2,1-3H3,(H,31,38)/t25-,28-/m0/s1. The minimum absolute atomic E-state index is 0.0862. The summed E-state index contributed by atoms with van der Waals surface area (Å²) in [6.07, 6.45) is 2.12. The predicted octanol–water partition coefficient (Wildman–Crippen LogP) is 3.23. The number of piperazine rings is 1.